The molecule has 1 N–H and O–H groups in total. The van der Waals surface area contributed by atoms with E-state index in [0.717, 1.165) is 25.3 Å². The molecule has 0 radical (unpaired) electrons. The maximum atomic E-state index is 12.6. The van der Waals surface area contributed by atoms with E-state index in [9.17, 15) is 4.79 Å². The number of hydrogen-bond acceptors (Lipinski definition) is 2. The van der Waals surface area contributed by atoms with E-state index in [0.29, 0.717) is 12.0 Å². The zero-order valence-electron chi connectivity index (χ0n) is 12.3. The topological polar surface area (TPSA) is 37.3 Å². The largest absolute Gasteiger partial charge is 0.340 e. The van der Waals surface area contributed by atoms with Crippen LogP contribution < -0.4 is 5.32 Å². The first-order valence-electron chi connectivity index (χ1n) is 7.88. The van der Waals surface area contributed by atoms with Crippen molar-refractivity contribution < 1.29 is 4.79 Å². The van der Waals surface area contributed by atoms with Crippen molar-refractivity contribution in [1.29, 1.82) is 0 Å². The molecule has 4 nitrogen and oxygen atoms in total. The van der Waals surface area contributed by atoms with Gasteiger partial charge in [-0.25, -0.2) is 0 Å². The third kappa shape index (κ3) is 2.75. The Morgan fingerprint density at radius 2 is 2.25 bits per heavy atom. The number of aromatic nitrogens is 1. The van der Waals surface area contributed by atoms with Crippen LogP contribution in [0, 0.1) is 5.92 Å². The summed E-state index contributed by atoms with van der Waals surface area (Å²) in [6, 6.07) is 4.52. The van der Waals surface area contributed by atoms with Crippen molar-refractivity contribution in [1.82, 2.24) is 14.8 Å². The van der Waals surface area contributed by atoms with Crippen LogP contribution in [0.3, 0.4) is 0 Å². The van der Waals surface area contributed by atoms with Gasteiger partial charge in [-0.1, -0.05) is 0 Å². The van der Waals surface area contributed by atoms with Gasteiger partial charge in [0.1, 0.15) is 5.69 Å². The van der Waals surface area contributed by atoms with Gasteiger partial charge >= 0.3 is 0 Å². The zero-order chi connectivity index (χ0) is 13.9. The Morgan fingerprint density at radius 3 is 2.90 bits per heavy atom. The van der Waals surface area contributed by atoms with Gasteiger partial charge in [0.2, 0.25) is 0 Å². The molecule has 20 heavy (non-hydrogen) atoms. The number of carbonyl (C=O) groups is 1. The molecule has 1 aliphatic carbocycles. The first-order chi connectivity index (χ1) is 9.75. The highest BCUT2D eigenvalue weighted by Gasteiger charge is 2.25. The molecular weight excluding hydrogens is 250 g/mol. The monoisotopic (exact) mass is 275 g/mol. The third-order valence-corrected chi connectivity index (χ3v) is 4.74. The Hall–Kier alpha value is -1.29. The molecule has 1 aromatic rings. The lowest BCUT2D eigenvalue weighted by Crippen LogP contribution is -2.40. The summed E-state index contributed by atoms with van der Waals surface area (Å²) in [6.07, 6.45) is 8.24. The molecule has 2 fully saturated rings. The van der Waals surface area contributed by atoms with Gasteiger partial charge in [0, 0.05) is 25.8 Å². The molecule has 0 bridgehead atoms. The summed E-state index contributed by atoms with van der Waals surface area (Å²) in [6.45, 7) is 3.03. The standard InChI is InChI=1S/C16H25N3O/c1-18(12-13-5-3-9-17-11-13)16(20)15-8-4-10-19(15)14-6-2-7-14/h4,8,10,13-14,17H,2-3,5-7,9,11-12H2,1H3. The van der Waals surface area contributed by atoms with Gasteiger partial charge in [-0.3, -0.25) is 4.79 Å². The number of carbonyl (C=O) groups excluding carboxylic acids is 1. The van der Waals surface area contributed by atoms with Crippen LogP contribution in [0.4, 0.5) is 0 Å². The van der Waals surface area contributed by atoms with Gasteiger partial charge < -0.3 is 14.8 Å². The molecule has 2 aliphatic rings. The highest BCUT2D eigenvalue weighted by molar-refractivity contribution is 5.92. The molecule has 2 heterocycles. The van der Waals surface area contributed by atoms with Crippen LogP contribution in [0.2, 0.25) is 0 Å². The van der Waals surface area contributed by atoms with E-state index in [1.165, 1.54) is 32.1 Å². The number of rotatable bonds is 4. The van der Waals surface area contributed by atoms with E-state index in [2.05, 4.69) is 16.1 Å². The predicted octanol–water partition coefficient (Wildman–Crippen LogP) is 2.28. The van der Waals surface area contributed by atoms with Crippen LogP contribution >= 0.6 is 0 Å². The number of nitrogens with one attached hydrogen (secondary N) is 1. The molecule has 3 rings (SSSR count). The van der Waals surface area contributed by atoms with Crippen LogP contribution in [0.25, 0.3) is 0 Å². The molecule has 1 amide bonds. The predicted molar refractivity (Wildman–Crippen MR) is 79.9 cm³/mol. The van der Waals surface area contributed by atoms with E-state index < -0.39 is 0 Å². The van der Waals surface area contributed by atoms with Crippen LogP contribution in [-0.4, -0.2) is 42.1 Å². The normalized spacial score (nSPS) is 23.4. The Balaban J connectivity index is 1.63. The Labute approximate surface area is 121 Å². The molecule has 1 saturated heterocycles. The van der Waals surface area contributed by atoms with Gasteiger partial charge in [0.05, 0.1) is 0 Å². The molecule has 1 aromatic heterocycles. The average Bonchev–Trinajstić information content (AvgIpc) is 2.86. The lowest BCUT2D eigenvalue weighted by atomic mass is 9.93. The molecule has 1 aliphatic heterocycles. The first kappa shape index (κ1) is 13.7. The molecule has 4 heteroatoms. The van der Waals surface area contributed by atoms with Crippen LogP contribution in [0.1, 0.15) is 48.6 Å². The van der Waals surface area contributed by atoms with Gasteiger partial charge in [0.15, 0.2) is 0 Å². The molecule has 1 saturated carbocycles. The molecule has 1 unspecified atom stereocenters. The van der Waals surface area contributed by atoms with Crippen molar-refractivity contribution in [3.8, 4) is 0 Å². The second-order valence-corrected chi connectivity index (χ2v) is 6.28. The van der Waals surface area contributed by atoms with E-state index in [-0.39, 0.29) is 5.91 Å². The summed E-state index contributed by atoms with van der Waals surface area (Å²) in [5.41, 5.74) is 0.862. The van der Waals surface area contributed by atoms with Crippen molar-refractivity contribution >= 4 is 5.91 Å². The van der Waals surface area contributed by atoms with E-state index in [1.54, 1.807) is 0 Å². The SMILES string of the molecule is CN(CC1CCCNC1)C(=O)c1cccn1C1CCC1. The van der Waals surface area contributed by atoms with Crippen LogP contribution in [0.5, 0.6) is 0 Å². The van der Waals surface area contributed by atoms with E-state index in [4.69, 9.17) is 0 Å². The van der Waals surface area contributed by atoms with Crippen LogP contribution in [0.15, 0.2) is 18.3 Å². The van der Waals surface area contributed by atoms with Crippen molar-refractivity contribution in [2.75, 3.05) is 26.7 Å². The highest BCUT2D eigenvalue weighted by Crippen LogP contribution is 2.33. The lowest BCUT2D eigenvalue weighted by molar-refractivity contribution is 0.0748. The van der Waals surface area contributed by atoms with Gasteiger partial charge in [-0.15, -0.1) is 0 Å². The third-order valence-electron chi connectivity index (χ3n) is 4.74. The minimum atomic E-state index is 0.174. The average molecular weight is 275 g/mol. The van der Waals surface area contributed by atoms with Gasteiger partial charge in [-0.05, 0) is 63.2 Å². The number of hydrogen-bond donors (Lipinski definition) is 1. The van der Waals surface area contributed by atoms with Gasteiger partial charge in [0.25, 0.3) is 5.91 Å². The maximum absolute atomic E-state index is 12.6. The minimum absolute atomic E-state index is 0.174. The second kappa shape index (κ2) is 6.00. The van der Waals surface area contributed by atoms with Crippen molar-refractivity contribution in [3.05, 3.63) is 24.0 Å². The fourth-order valence-corrected chi connectivity index (χ4v) is 3.30. The van der Waals surface area contributed by atoms with E-state index in [1.807, 2.05) is 24.1 Å². The molecule has 110 valence electrons. The quantitative estimate of drug-likeness (QED) is 0.915. The Bertz CT molecular complexity index is 458. The van der Waals surface area contributed by atoms with Crippen molar-refractivity contribution in [3.63, 3.8) is 0 Å². The fraction of sp³-hybridized carbons (Fsp3) is 0.688. The summed E-state index contributed by atoms with van der Waals surface area (Å²) in [5, 5.41) is 3.42. The highest BCUT2D eigenvalue weighted by atomic mass is 16.2. The second-order valence-electron chi connectivity index (χ2n) is 6.28. The number of piperidine rings is 1. The number of amides is 1. The first-order valence-corrected chi connectivity index (χ1v) is 7.88. The summed E-state index contributed by atoms with van der Waals surface area (Å²) in [7, 11) is 1.94. The van der Waals surface area contributed by atoms with Crippen molar-refractivity contribution in [2.45, 2.75) is 38.1 Å². The smallest absolute Gasteiger partial charge is 0.270 e. The molecule has 0 aromatic carbocycles. The lowest BCUT2D eigenvalue weighted by Gasteiger charge is -2.31. The van der Waals surface area contributed by atoms with Crippen LogP contribution in [-0.2, 0) is 0 Å². The minimum Gasteiger partial charge on any atom is -0.340 e. The summed E-state index contributed by atoms with van der Waals surface area (Å²) in [5.74, 6) is 0.775. The number of nitrogens with zero attached hydrogens (tertiary/aromatic N) is 2. The summed E-state index contributed by atoms with van der Waals surface area (Å²) < 4.78 is 2.18. The maximum Gasteiger partial charge on any atom is 0.270 e. The Morgan fingerprint density at radius 1 is 1.40 bits per heavy atom. The Kier molecular flexibility index (Phi) is 4.10. The zero-order valence-corrected chi connectivity index (χ0v) is 12.3. The van der Waals surface area contributed by atoms with Gasteiger partial charge in [-0.2, -0.15) is 0 Å². The van der Waals surface area contributed by atoms with E-state index >= 15 is 0 Å². The fourth-order valence-electron chi connectivity index (χ4n) is 3.30. The molecule has 0 spiro atoms. The summed E-state index contributed by atoms with van der Waals surface area (Å²) >= 11 is 0. The molecule has 1 atom stereocenters. The molecular formula is C16H25N3O. The van der Waals surface area contributed by atoms with Crippen molar-refractivity contribution in [2.24, 2.45) is 5.92 Å². The summed E-state index contributed by atoms with van der Waals surface area (Å²) in [4.78, 5) is 14.5.